The number of aliphatic hydroxyl groups is 2. The first kappa shape index (κ1) is 23.2. The summed E-state index contributed by atoms with van der Waals surface area (Å²) in [6, 6.07) is 15.5. The van der Waals surface area contributed by atoms with Gasteiger partial charge in [-0.2, -0.15) is 0 Å². The molecule has 0 saturated carbocycles. The number of nitrogens with one attached hydrogen (secondary N) is 1. The van der Waals surface area contributed by atoms with E-state index in [1.54, 1.807) is 0 Å². The maximum absolute atomic E-state index is 11.7. The number of Topliss-reactive ketones (excluding diaryl/α,β-unsaturated/α-hetero) is 1. The van der Waals surface area contributed by atoms with Crippen LogP contribution in [-0.2, 0) is 4.74 Å². The molecule has 5 nitrogen and oxygen atoms in total. The number of anilines is 1. The Morgan fingerprint density at radius 3 is 2.10 bits per heavy atom. The van der Waals surface area contributed by atoms with Gasteiger partial charge in [0.2, 0.25) is 0 Å². The van der Waals surface area contributed by atoms with Crippen LogP contribution in [0.4, 0.5) is 5.69 Å². The van der Waals surface area contributed by atoms with Gasteiger partial charge in [-0.25, -0.2) is 0 Å². The van der Waals surface area contributed by atoms with Crippen molar-refractivity contribution in [3.8, 4) is 11.1 Å². The number of hydrogen-bond donors (Lipinski definition) is 3. The van der Waals surface area contributed by atoms with Gasteiger partial charge in [0.25, 0.3) is 0 Å². The summed E-state index contributed by atoms with van der Waals surface area (Å²) < 4.78 is 5.61. The normalized spacial score (nSPS) is 15.5. The van der Waals surface area contributed by atoms with E-state index in [-0.39, 0.29) is 18.1 Å². The van der Waals surface area contributed by atoms with Crippen molar-refractivity contribution in [2.45, 2.75) is 46.6 Å². The van der Waals surface area contributed by atoms with Gasteiger partial charge in [-0.15, -0.1) is 0 Å². The standard InChI is InChI=1S/C23H25NO4.C2H6/c1-3-19-13-21(26)23(27)22(28-19)14-24-18-11-9-16(10-12-18)15-5-7-17(8-6-15)20(25)4-2;1-2/h5-13,21,24,26-27H,3-4,14H2,1-2H3;1-2H3. The molecule has 1 heterocycles. The maximum Gasteiger partial charge on any atom is 0.165 e. The number of rotatable bonds is 7. The van der Waals surface area contributed by atoms with Gasteiger partial charge in [0.1, 0.15) is 11.9 Å². The number of ether oxygens (including phenoxy) is 1. The Labute approximate surface area is 178 Å². The third-order valence-corrected chi connectivity index (χ3v) is 4.71. The Balaban J connectivity index is 0.00000155. The highest BCUT2D eigenvalue weighted by molar-refractivity contribution is 5.96. The van der Waals surface area contributed by atoms with Crippen molar-refractivity contribution >= 4 is 11.5 Å². The summed E-state index contributed by atoms with van der Waals surface area (Å²) in [6.45, 7) is 8.05. The Kier molecular flexibility index (Phi) is 8.69. The second-order valence-electron chi connectivity index (χ2n) is 6.63. The Morgan fingerprint density at radius 2 is 1.57 bits per heavy atom. The lowest BCUT2D eigenvalue weighted by molar-refractivity contribution is 0.0988. The highest BCUT2D eigenvalue weighted by atomic mass is 16.5. The zero-order valence-corrected chi connectivity index (χ0v) is 18.1. The van der Waals surface area contributed by atoms with E-state index in [1.165, 1.54) is 6.08 Å². The average molecular weight is 410 g/mol. The van der Waals surface area contributed by atoms with Gasteiger partial charge in [0, 0.05) is 24.1 Å². The topological polar surface area (TPSA) is 78.8 Å². The second-order valence-corrected chi connectivity index (χ2v) is 6.63. The number of carbonyl (C=O) groups excluding carboxylic acids is 1. The SMILES string of the molecule is CC.CCC(=O)c1ccc(-c2ccc(NCC3=C(O)C(O)C=C(CC)O3)cc2)cc1. The lowest BCUT2D eigenvalue weighted by atomic mass is 10.0. The van der Waals surface area contributed by atoms with Crippen molar-refractivity contribution in [1.82, 2.24) is 0 Å². The van der Waals surface area contributed by atoms with Crippen LogP contribution in [0.25, 0.3) is 11.1 Å². The lowest BCUT2D eigenvalue weighted by Gasteiger charge is -2.22. The predicted octanol–water partition coefficient (Wildman–Crippen LogP) is 5.84. The number of ketones is 1. The summed E-state index contributed by atoms with van der Waals surface area (Å²) in [5.41, 5.74) is 3.68. The Bertz CT molecular complexity index is 896. The van der Waals surface area contributed by atoms with Crippen LogP contribution in [0, 0.1) is 0 Å². The van der Waals surface area contributed by atoms with Gasteiger partial charge in [-0.05, 0) is 29.3 Å². The largest absolute Gasteiger partial charge is 0.506 e. The Hall–Kier alpha value is -3.05. The summed E-state index contributed by atoms with van der Waals surface area (Å²) in [5, 5.41) is 23.1. The molecular formula is C25H31NO4. The number of carbonyl (C=O) groups is 1. The van der Waals surface area contributed by atoms with E-state index in [4.69, 9.17) is 4.74 Å². The molecule has 1 aliphatic rings. The minimum Gasteiger partial charge on any atom is -0.506 e. The highest BCUT2D eigenvalue weighted by Crippen LogP contribution is 2.25. The molecule has 0 aliphatic carbocycles. The monoisotopic (exact) mass is 409 g/mol. The molecule has 5 heteroatoms. The molecule has 2 aromatic rings. The first-order valence-electron chi connectivity index (χ1n) is 10.5. The molecule has 1 aliphatic heterocycles. The van der Waals surface area contributed by atoms with Crippen LogP contribution in [0.1, 0.15) is 50.9 Å². The van der Waals surface area contributed by atoms with Crippen molar-refractivity contribution in [3.63, 3.8) is 0 Å². The van der Waals surface area contributed by atoms with E-state index >= 15 is 0 Å². The van der Waals surface area contributed by atoms with Crippen LogP contribution < -0.4 is 5.32 Å². The molecule has 0 bridgehead atoms. The number of hydrogen-bond acceptors (Lipinski definition) is 5. The summed E-state index contributed by atoms with van der Waals surface area (Å²) in [6.07, 6.45) is 1.63. The summed E-state index contributed by atoms with van der Waals surface area (Å²) in [7, 11) is 0. The third kappa shape index (κ3) is 5.74. The van der Waals surface area contributed by atoms with Crippen molar-refractivity contribution in [2.75, 3.05) is 11.9 Å². The summed E-state index contributed by atoms with van der Waals surface area (Å²) >= 11 is 0. The molecule has 30 heavy (non-hydrogen) atoms. The minimum atomic E-state index is -1.02. The quantitative estimate of drug-likeness (QED) is 0.501. The zero-order chi connectivity index (χ0) is 22.1. The molecule has 1 unspecified atom stereocenters. The van der Waals surface area contributed by atoms with Crippen LogP contribution in [0.2, 0.25) is 0 Å². The molecule has 0 spiro atoms. The molecular weight excluding hydrogens is 378 g/mol. The lowest BCUT2D eigenvalue weighted by Crippen LogP contribution is -2.21. The molecule has 1 atom stereocenters. The number of aliphatic hydroxyl groups excluding tert-OH is 2. The van der Waals surface area contributed by atoms with E-state index < -0.39 is 6.10 Å². The highest BCUT2D eigenvalue weighted by Gasteiger charge is 2.21. The zero-order valence-electron chi connectivity index (χ0n) is 18.1. The third-order valence-electron chi connectivity index (χ3n) is 4.71. The molecule has 0 aromatic heterocycles. The van der Waals surface area contributed by atoms with Crippen LogP contribution in [0.3, 0.4) is 0 Å². The first-order chi connectivity index (χ1) is 14.5. The molecule has 0 radical (unpaired) electrons. The number of allylic oxidation sites excluding steroid dienone is 1. The van der Waals surface area contributed by atoms with Crippen LogP contribution in [-0.4, -0.2) is 28.6 Å². The van der Waals surface area contributed by atoms with Crippen molar-refractivity contribution in [3.05, 3.63) is 77.4 Å². The molecule has 0 fully saturated rings. The van der Waals surface area contributed by atoms with E-state index in [0.717, 1.165) is 22.4 Å². The van der Waals surface area contributed by atoms with Gasteiger partial charge in [-0.3, -0.25) is 4.79 Å². The average Bonchev–Trinajstić information content (AvgIpc) is 2.81. The van der Waals surface area contributed by atoms with Crippen LogP contribution in [0.15, 0.2) is 71.9 Å². The molecule has 3 rings (SSSR count). The van der Waals surface area contributed by atoms with Crippen LogP contribution >= 0.6 is 0 Å². The first-order valence-corrected chi connectivity index (χ1v) is 10.5. The van der Waals surface area contributed by atoms with Gasteiger partial charge in [0.05, 0.1) is 6.54 Å². The molecule has 160 valence electrons. The van der Waals surface area contributed by atoms with Crippen molar-refractivity contribution in [1.29, 1.82) is 0 Å². The number of benzene rings is 2. The molecule has 2 aromatic carbocycles. The minimum absolute atomic E-state index is 0.139. The van der Waals surface area contributed by atoms with Crippen molar-refractivity contribution < 1.29 is 19.7 Å². The van der Waals surface area contributed by atoms with Gasteiger partial charge in [-0.1, -0.05) is 64.1 Å². The molecule has 0 amide bonds. The molecule has 0 saturated heterocycles. The smallest absolute Gasteiger partial charge is 0.165 e. The maximum atomic E-state index is 11.7. The second kappa shape index (κ2) is 11.2. The van der Waals surface area contributed by atoms with Crippen LogP contribution in [0.5, 0.6) is 0 Å². The molecule has 3 N–H and O–H groups in total. The van der Waals surface area contributed by atoms with E-state index in [9.17, 15) is 15.0 Å². The fraction of sp³-hybridized carbons (Fsp3) is 0.320. The van der Waals surface area contributed by atoms with E-state index in [0.29, 0.717) is 24.4 Å². The summed E-state index contributed by atoms with van der Waals surface area (Å²) in [5.74, 6) is 0.942. The predicted molar refractivity (Wildman–Crippen MR) is 121 cm³/mol. The Morgan fingerprint density at radius 1 is 1.00 bits per heavy atom. The van der Waals surface area contributed by atoms with Gasteiger partial charge >= 0.3 is 0 Å². The van der Waals surface area contributed by atoms with E-state index in [1.807, 2.05) is 76.2 Å². The van der Waals surface area contributed by atoms with Gasteiger partial charge < -0.3 is 20.3 Å². The van der Waals surface area contributed by atoms with Gasteiger partial charge in [0.15, 0.2) is 17.3 Å². The van der Waals surface area contributed by atoms with E-state index in [2.05, 4.69) is 5.32 Å². The van der Waals surface area contributed by atoms with Crippen molar-refractivity contribution in [2.24, 2.45) is 0 Å². The fourth-order valence-electron chi connectivity index (χ4n) is 3.00. The summed E-state index contributed by atoms with van der Waals surface area (Å²) in [4.78, 5) is 11.7. The fourth-order valence-corrected chi connectivity index (χ4v) is 3.00.